The highest BCUT2D eigenvalue weighted by Gasteiger charge is 2.50. The van der Waals surface area contributed by atoms with Gasteiger partial charge in [-0.1, -0.05) is 20.8 Å². The first-order valence-corrected chi connectivity index (χ1v) is 6.94. The molecule has 1 N–H and O–H groups in total. The number of amides is 1. The van der Waals surface area contributed by atoms with E-state index in [0.717, 1.165) is 12.8 Å². The van der Waals surface area contributed by atoms with E-state index in [2.05, 4.69) is 11.4 Å². The van der Waals surface area contributed by atoms with Crippen molar-refractivity contribution < 1.29 is 9.59 Å². The van der Waals surface area contributed by atoms with Crippen LogP contribution in [0.25, 0.3) is 0 Å². The van der Waals surface area contributed by atoms with Crippen molar-refractivity contribution >= 4 is 11.7 Å². The molecule has 4 nitrogen and oxygen atoms in total. The summed E-state index contributed by atoms with van der Waals surface area (Å²) in [4.78, 5) is 24.1. The van der Waals surface area contributed by atoms with Crippen molar-refractivity contribution in [2.75, 3.05) is 0 Å². The molecular formula is C15H22N2O2. The summed E-state index contributed by atoms with van der Waals surface area (Å²) in [6, 6.07) is 2.21. The molecule has 4 atom stereocenters. The predicted octanol–water partition coefficient (Wildman–Crippen LogP) is 2.05. The lowest BCUT2D eigenvalue weighted by Gasteiger charge is -2.37. The maximum absolute atomic E-state index is 12.4. The fraction of sp³-hybridized carbons (Fsp3) is 0.800. The Morgan fingerprint density at radius 1 is 1.32 bits per heavy atom. The fourth-order valence-electron chi connectivity index (χ4n) is 3.11. The van der Waals surface area contributed by atoms with E-state index in [-0.39, 0.29) is 28.9 Å². The number of hydrogen-bond donors (Lipinski definition) is 1. The molecule has 1 amide bonds. The van der Waals surface area contributed by atoms with Crippen LogP contribution in [0, 0.1) is 34.5 Å². The zero-order chi connectivity index (χ0) is 14.4. The molecule has 0 aromatic carbocycles. The molecule has 0 heterocycles. The fourth-order valence-corrected chi connectivity index (χ4v) is 3.11. The van der Waals surface area contributed by atoms with E-state index in [0.29, 0.717) is 12.3 Å². The van der Waals surface area contributed by atoms with Crippen LogP contribution in [0.1, 0.15) is 47.0 Å². The lowest BCUT2D eigenvalue weighted by molar-refractivity contribution is -0.134. The van der Waals surface area contributed by atoms with Crippen molar-refractivity contribution in [3.63, 3.8) is 0 Å². The second kappa shape index (κ2) is 4.33. The van der Waals surface area contributed by atoms with E-state index in [1.807, 2.05) is 20.8 Å². The number of carbonyl (C=O) groups excluding carboxylic acids is 2. The van der Waals surface area contributed by atoms with Crippen LogP contribution in [-0.2, 0) is 9.59 Å². The smallest absolute Gasteiger partial charge is 0.225 e. The van der Waals surface area contributed by atoms with Gasteiger partial charge >= 0.3 is 0 Å². The average Bonchev–Trinajstić information content (AvgIpc) is 2.85. The minimum atomic E-state index is -0.908. The van der Waals surface area contributed by atoms with E-state index >= 15 is 0 Å². The van der Waals surface area contributed by atoms with Gasteiger partial charge in [-0.3, -0.25) is 9.59 Å². The number of nitrogens with one attached hydrogen (secondary N) is 1. The lowest BCUT2D eigenvalue weighted by atomic mass is 9.75. The van der Waals surface area contributed by atoms with Crippen LogP contribution in [-0.4, -0.2) is 17.2 Å². The summed E-state index contributed by atoms with van der Waals surface area (Å²) in [6.07, 6.45) is 2.30. The van der Waals surface area contributed by atoms with Crippen molar-refractivity contribution in [3.8, 4) is 6.07 Å². The van der Waals surface area contributed by atoms with Crippen molar-refractivity contribution in [1.82, 2.24) is 5.32 Å². The number of hydrogen-bond acceptors (Lipinski definition) is 3. The van der Waals surface area contributed by atoms with Crippen LogP contribution in [0.2, 0.25) is 0 Å². The van der Waals surface area contributed by atoms with Gasteiger partial charge < -0.3 is 5.32 Å². The van der Waals surface area contributed by atoms with Gasteiger partial charge in [0.2, 0.25) is 5.91 Å². The molecule has 0 saturated heterocycles. The minimum Gasteiger partial charge on any atom is -0.337 e. The standard InChI is InChI=1S/C15H22N2O2/c1-14(2,3)15(4,8-16)17-13(19)11-6-9-5-10(11)12(18)7-9/h9-11H,5-7H2,1-4H3,(H,17,19)/t9-,10+,11?,15?/m0/s1. The molecule has 0 spiro atoms. The summed E-state index contributed by atoms with van der Waals surface area (Å²) in [7, 11) is 0. The van der Waals surface area contributed by atoms with Crippen molar-refractivity contribution in [2.45, 2.75) is 52.5 Å². The van der Waals surface area contributed by atoms with E-state index in [1.165, 1.54) is 0 Å². The van der Waals surface area contributed by atoms with Crippen molar-refractivity contribution in [1.29, 1.82) is 5.26 Å². The number of Topliss-reactive ketones (excluding diaryl/α,β-unsaturated/α-hetero) is 1. The minimum absolute atomic E-state index is 0.104. The first-order valence-electron chi connectivity index (χ1n) is 6.94. The summed E-state index contributed by atoms with van der Waals surface area (Å²) in [5.41, 5.74) is -1.26. The molecule has 4 heteroatoms. The quantitative estimate of drug-likeness (QED) is 0.828. The summed E-state index contributed by atoms with van der Waals surface area (Å²) >= 11 is 0. The molecule has 104 valence electrons. The van der Waals surface area contributed by atoms with Gasteiger partial charge in [0.1, 0.15) is 11.3 Å². The van der Waals surface area contributed by atoms with E-state index in [9.17, 15) is 14.9 Å². The highest BCUT2D eigenvalue weighted by atomic mass is 16.2. The predicted molar refractivity (Wildman–Crippen MR) is 70.9 cm³/mol. The van der Waals surface area contributed by atoms with Gasteiger partial charge in [-0.05, 0) is 31.1 Å². The Hall–Kier alpha value is -1.37. The number of rotatable bonds is 2. The van der Waals surface area contributed by atoms with Crippen molar-refractivity contribution in [3.05, 3.63) is 0 Å². The first-order chi connectivity index (χ1) is 8.68. The van der Waals surface area contributed by atoms with Gasteiger partial charge in [0.05, 0.1) is 6.07 Å². The SMILES string of the molecule is CC(C)(C)C(C)(C#N)NC(=O)C1C[C@H]2CC(=O)[C@@H]1C2. The van der Waals surface area contributed by atoms with E-state index < -0.39 is 5.54 Å². The molecule has 2 unspecified atom stereocenters. The highest BCUT2D eigenvalue weighted by molar-refractivity contribution is 5.92. The largest absolute Gasteiger partial charge is 0.337 e. The third-order valence-corrected chi connectivity index (χ3v) is 5.00. The molecule has 2 aliphatic rings. The van der Waals surface area contributed by atoms with E-state index in [4.69, 9.17) is 0 Å². The molecule has 2 aliphatic carbocycles. The van der Waals surface area contributed by atoms with Gasteiger partial charge in [0, 0.05) is 18.3 Å². The lowest BCUT2D eigenvalue weighted by Crippen LogP contribution is -2.56. The monoisotopic (exact) mass is 262 g/mol. The van der Waals surface area contributed by atoms with Crippen LogP contribution in [0.4, 0.5) is 0 Å². The summed E-state index contributed by atoms with van der Waals surface area (Å²) in [5.74, 6) is 0.163. The number of carbonyl (C=O) groups is 2. The molecule has 2 rings (SSSR count). The molecule has 0 aromatic rings. The second-order valence-corrected chi connectivity index (χ2v) is 7.20. The van der Waals surface area contributed by atoms with Crippen molar-refractivity contribution in [2.24, 2.45) is 23.2 Å². The van der Waals surface area contributed by atoms with Gasteiger partial charge in [-0.15, -0.1) is 0 Å². The third kappa shape index (κ3) is 2.27. The second-order valence-electron chi connectivity index (χ2n) is 7.20. The zero-order valence-corrected chi connectivity index (χ0v) is 12.1. The third-order valence-electron chi connectivity index (χ3n) is 5.00. The average molecular weight is 262 g/mol. The Morgan fingerprint density at radius 2 is 1.95 bits per heavy atom. The Kier molecular flexibility index (Phi) is 3.20. The number of ketones is 1. The van der Waals surface area contributed by atoms with Crippen LogP contribution < -0.4 is 5.32 Å². The highest BCUT2D eigenvalue weighted by Crippen LogP contribution is 2.46. The molecule has 19 heavy (non-hydrogen) atoms. The molecule has 2 saturated carbocycles. The van der Waals surface area contributed by atoms with Crippen LogP contribution >= 0.6 is 0 Å². The topological polar surface area (TPSA) is 70.0 Å². The normalized spacial score (nSPS) is 32.8. The maximum Gasteiger partial charge on any atom is 0.225 e. The van der Waals surface area contributed by atoms with Crippen LogP contribution in [0.3, 0.4) is 0 Å². The molecule has 2 fully saturated rings. The molecule has 0 radical (unpaired) electrons. The summed E-state index contributed by atoms with van der Waals surface area (Å²) in [5, 5.41) is 12.2. The number of fused-ring (bicyclic) bond motifs is 2. The van der Waals surface area contributed by atoms with Gasteiger partial charge in [-0.2, -0.15) is 5.26 Å². The Bertz CT molecular complexity index is 458. The molecule has 0 aliphatic heterocycles. The number of nitrogens with zero attached hydrogens (tertiary/aromatic N) is 1. The zero-order valence-electron chi connectivity index (χ0n) is 12.1. The Balaban J connectivity index is 2.10. The Morgan fingerprint density at radius 3 is 2.37 bits per heavy atom. The maximum atomic E-state index is 12.4. The molecule has 0 aromatic heterocycles. The van der Waals surface area contributed by atoms with Gasteiger partial charge in [-0.25, -0.2) is 0 Å². The van der Waals surface area contributed by atoms with Gasteiger partial charge in [0.25, 0.3) is 0 Å². The van der Waals surface area contributed by atoms with Gasteiger partial charge in [0.15, 0.2) is 0 Å². The number of nitriles is 1. The molecular weight excluding hydrogens is 240 g/mol. The van der Waals surface area contributed by atoms with E-state index in [1.54, 1.807) is 6.92 Å². The summed E-state index contributed by atoms with van der Waals surface area (Å²) < 4.78 is 0. The van der Waals surface area contributed by atoms with Crippen LogP contribution in [0.15, 0.2) is 0 Å². The molecule has 2 bridgehead atoms. The van der Waals surface area contributed by atoms with Crippen LogP contribution in [0.5, 0.6) is 0 Å². The first kappa shape index (κ1) is 14.0. The summed E-state index contributed by atoms with van der Waals surface area (Å²) in [6.45, 7) is 7.55. The Labute approximate surface area is 114 Å².